The van der Waals surface area contributed by atoms with E-state index in [9.17, 15) is 33.8 Å². The Hall–Kier alpha value is -3.46. The molecule has 2 amide bonds. The van der Waals surface area contributed by atoms with Gasteiger partial charge in [-0.1, -0.05) is 60.8 Å². The summed E-state index contributed by atoms with van der Waals surface area (Å²) in [7, 11) is 0. The van der Waals surface area contributed by atoms with Crippen molar-refractivity contribution in [3.8, 4) is 0 Å². The van der Waals surface area contributed by atoms with E-state index in [1.54, 1.807) is 24.3 Å². The van der Waals surface area contributed by atoms with E-state index in [0.29, 0.717) is 37.1 Å². The summed E-state index contributed by atoms with van der Waals surface area (Å²) in [6.45, 7) is -0.0849. The first-order chi connectivity index (χ1) is 17.7. The quantitative estimate of drug-likeness (QED) is 0.401. The molecule has 8 nitrogen and oxygen atoms in total. The van der Waals surface area contributed by atoms with Gasteiger partial charge in [-0.15, -0.1) is 0 Å². The molecule has 1 aliphatic carbocycles. The van der Waals surface area contributed by atoms with Crippen LogP contribution in [0.15, 0.2) is 48.5 Å². The van der Waals surface area contributed by atoms with E-state index in [1.807, 2.05) is 0 Å². The average molecular weight is 533 g/mol. The highest BCUT2D eigenvalue weighted by atomic mass is 35.5. The lowest BCUT2D eigenvalue weighted by atomic mass is 9.78. The zero-order valence-electron chi connectivity index (χ0n) is 20.2. The van der Waals surface area contributed by atoms with Crippen LogP contribution in [0.5, 0.6) is 0 Å². The highest BCUT2D eigenvalue weighted by Gasteiger charge is 2.38. The topological polar surface area (TPSA) is 124 Å². The monoisotopic (exact) mass is 532 g/mol. The van der Waals surface area contributed by atoms with Gasteiger partial charge in [0.15, 0.2) is 0 Å². The minimum absolute atomic E-state index is 0.0812. The van der Waals surface area contributed by atoms with Gasteiger partial charge >= 0.3 is 11.9 Å². The first-order valence-corrected chi connectivity index (χ1v) is 12.6. The second-order valence-corrected chi connectivity index (χ2v) is 9.52. The fourth-order valence-electron chi connectivity index (χ4n) is 4.67. The molecule has 1 aliphatic rings. The van der Waals surface area contributed by atoms with Crippen LogP contribution in [0.2, 0.25) is 5.02 Å². The molecule has 3 N–H and O–H groups in total. The summed E-state index contributed by atoms with van der Waals surface area (Å²) in [5.41, 5.74) is 0.664. The molecule has 3 unspecified atom stereocenters. The third-order valence-corrected chi connectivity index (χ3v) is 7.05. The van der Waals surface area contributed by atoms with Crippen molar-refractivity contribution in [2.24, 2.45) is 11.8 Å². The number of aliphatic carboxylic acids is 2. The highest BCUT2D eigenvalue weighted by molar-refractivity contribution is 6.31. The number of carboxylic acid groups (broad SMARTS) is 2. The smallest absolute Gasteiger partial charge is 0.307 e. The van der Waals surface area contributed by atoms with E-state index in [0.717, 1.165) is 11.6 Å². The standard InChI is InChI=1S/C27H30ClFN2O6/c28-21-11-5-1-7-17(21)13-15-31(16-14-23(32)33)26(35)24(20-10-4-6-12-22(20)29)30-25(34)18-8-2-3-9-19(18)27(36)37/h1,4-7,10-12,18-19,24H,2-3,8-9,13-16H2,(H,30,34)(H,32,33)(H,36,37). The first kappa shape index (κ1) is 28.1. The molecule has 2 aromatic rings. The predicted octanol–water partition coefficient (Wildman–Crippen LogP) is 4.07. The number of amides is 2. The number of carboxylic acids is 2. The largest absolute Gasteiger partial charge is 0.481 e. The average Bonchev–Trinajstić information content (AvgIpc) is 2.88. The summed E-state index contributed by atoms with van der Waals surface area (Å²) in [6.07, 6.45) is 2.00. The number of hydrogen-bond acceptors (Lipinski definition) is 4. The molecule has 0 aromatic heterocycles. The Morgan fingerprint density at radius 2 is 1.62 bits per heavy atom. The fraction of sp³-hybridized carbons (Fsp3) is 0.407. The molecule has 2 aromatic carbocycles. The summed E-state index contributed by atoms with van der Waals surface area (Å²) in [4.78, 5) is 51.3. The van der Waals surface area contributed by atoms with Crippen molar-refractivity contribution in [1.29, 1.82) is 0 Å². The van der Waals surface area contributed by atoms with E-state index in [1.165, 1.54) is 23.1 Å². The maximum atomic E-state index is 14.9. The Morgan fingerprint density at radius 3 is 2.27 bits per heavy atom. The van der Waals surface area contributed by atoms with Gasteiger partial charge in [-0.25, -0.2) is 4.39 Å². The molecule has 10 heteroatoms. The summed E-state index contributed by atoms with van der Waals surface area (Å²) in [5, 5.41) is 21.9. The van der Waals surface area contributed by atoms with Gasteiger partial charge < -0.3 is 20.4 Å². The molecule has 3 atom stereocenters. The van der Waals surface area contributed by atoms with Crippen LogP contribution in [0, 0.1) is 17.7 Å². The molecule has 0 aliphatic heterocycles. The van der Waals surface area contributed by atoms with Crippen molar-refractivity contribution in [3.63, 3.8) is 0 Å². The number of benzene rings is 2. The molecule has 0 bridgehead atoms. The van der Waals surface area contributed by atoms with E-state index in [-0.39, 0.29) is 25.1 Å². The lowest BCUT2D eigenvalue weighted by Crippen LogP contribution is -2.48. The molecule has 1 saturated carbocycles. The first-order valence-electron chi connectivity index (χ1n) is 12.2. The van der Waals surface area contributed by atoms with Gasteiger partial charge in [-0.3, -0.25) is 19.2 Å². The van der Waals surface area contributed by atoms with Crippen LogP contribution < -0.4 is 5.32 Å². The molecule has 0 saturated heterocycles. The fourth-order valence-corrected chi connectivity index (χ4v) is 4.90. The van der Waals surface area contributed by atoms with Crippen molar-refractivity contribution in [3.05, 3.63) is 70.5 Å². The molecule has 0 radical (unpaired) electrons. The SMILES string of the molecule is O=C(O)CCN(CCc1ccccc1Cl)C(=O)C(NC(=O)C1CCCCC1C(=O)O)c1ccccc1F. The molecule has 198 valence electrons. The molecule has 0 heterocycles. The lowest BCUT2D eigenvalue weighted by molar-refractivity contribution is -0.149. The van der Waals surface area contributed by atoms with E-state index in [2.05, 4.69) is 5.32 Å². The van der Waals surface area contributed by atoms with Crippen LogP contribution in [-0.4, -0.2) is 52.0 Å². The summed E-state index contributed by atoms with van der Waals surface area (Å²) in [5.74, 6) is -6.00. The number of hydrogen-bond donors (Lipinski definition) is 3. The number of carbonyl (C=O) groups excluding carboxylic acids is 2. The zero-order chi connectivity index (χ0) is 26.9. The summed E-state index contributed by atoms with van der Waals surface area (Å²) >= 11 is 6.24. The minimum atomic E-state index is -1.45. The highest BCUT2D eigenvalue weighted by Crippen LogP contribution is 2.31. The van der Waals surface area contributed by atoms with Crippen LogP contribution in [0.25, 0.3) is 0 Å². The molecule has 37 heavy (non-hydrogen) atoms. The van der Waals surface area contributed by atoms with Gasteiger partial charge in [0.05, 0.1) is 18.3 Å². The van der Waals surface area contributed by atoms with Gasteiger partial charge in [-0.05, 0) is 37.0 Å². The second kappa shape index (κ2) is 13.2. The number of carbonyl (C=O) groups is 4. The van der Waals surface area contributed by atoms with E-state index >= 15 is 0 Å². The predicted molar refractivity (Wildman–Crippen MR) is 134 cm³/mol. The molecule has 0 spiro atoms. The van der Waals surface area contributed by atoms with Crippen molar-refractivity contribution < 1.29 is 33.8 Å². The number of nitrogens with one attached hydrogen (secondary N) is 1. The van der Waals surface area contributed by atoms with E-state index < -0.39 is 47.4 Å². The second-order valence-electron chi connectivity index (χ2n) is 9.11. The van der Waals surface area contributed by atoms with Crippen molar-refractivity contribution in [1.82, 2.24) is 10.2 Å². The Kier molecular flexibility index (Phi) is 10.0. The van der Waals surface area contributed by atoms with Gasteiger partial charge in [0.25, 0.3) is 0 Å². The third-order valence-electron chi connectivity index (χ3n) is 6.69. The molecule has 3 rings (SSSR count). The Balaban J connectivity index is 1.90. The third kappa shape index (κ3) is 7.52. The molecular formula is C27H30ClFN2O6. The van der Waals surface area contributed by atoms with Crippen LogP contribution >= 0.6 is 11.6 Å². The van der Waals surface area contributed by atoms with Gasteiger partial charge in [0.1, 0.15) is 11.9 Å². The van der Waals surface area contributed by atoms with Crippen LogP contribution in [0.1, 0.15) is 49.3 Å². The van der Waals surface area contributed by atoms with Crippen molar-refractivity contribution in [2.45, 2.75) is 44.6 Å². The molecule has 1 fully saturated rings. The summed E-state index contributed by atoms with van der Waals surface area (Å²) in [6, 6.07) is 11.1. The van der Waals surface area contributed by atoms with E-state index in [4.69, 9.17) is 11.6 Å². The maximum Gasteiger partial charge on any atom is 0.307 e. The summed E-state index contributed by atoms with van der Waals surface area (Å²) < 4.78 is 14.9. The number of rotatable bonds is 11. The van der Waals surface area contributed by atoms with Gasteiger partial charge in [0.2, 0.25) is 11.8 Å². The normalized spacial score (nSPS) is 18.0. The Labute approximate surface area is 219 Å². The van der Waals surface area contributed by atoms with Crippen LogP contribution in [0.3, 0.4) is 0 Å². The van der Waals surface area contributed by atoms with Crippen molar-refractivity contribution >= 4 is 35.4 Å². The lowest BCUT2D eigenvalue weighted by Gasteiger charge is -2.32. The number of halogens is 2. The number of nitrogens with zero attached hydrogens (tertiary/aromatic N) is 1. The van der Waals surface area contributed by atoms with Crippen LogP contribution in [-0.2, 0) is 25.6 Å². The van der Waals surface area contributed by atoms with Crippen LogP contribution in [0.4, 0.5) is 4.39 Å². The minimum Gasteiger partial charge on any atom is -0.481 e. The molecular weight excluding hydrogens is 503 g/mol. The van der Waals surface area contributed by atoms with Gasteiger partial charge in [-0.2, -0.15) is 0 Å². The Bertz CT molecular complexity index is 1140. The zero-order valence-corrected chi connectivity index (χ0v) is 21.0. The maximum absolute atomic E-state index is 14.9. The van der Waals surface area contributed by atoms with Crippen molar-refractivity contribution in [2.75, 3.05) is 13.1 Å². The Morgan fingerprint density at radius 1 is 0.973 bits per heavy atom. The van der Waals surface area contributed by atoms with Gasteiger partial charge in [0, 0.05) is 23.7 Å².